The first kappa shape index (κ1) is 19.9. The highest BCUT2D eigenvalue weighted by atomic mass is 35.5. The first-order valence-corrected chi connectivity index (χ1v) is 8.60. The minimum absolute atomic E-state index is 0.201. The molecule has 1 amide bonds. The molecule has 0 heterocycles. The van der Waals surface area contributed by atoms with E-state index in [1.807, 2.05) is 0 Å². The summed E-state index contributed by atoms with van der Waals surface area (Å²) in [4.78, 5) is 23.6. The third-order valence-corrected chi connectivity index (χ3v) is 4.38. The summed E-state index contributed by atoms with van der Waals surface area (Å²) < 4.78 is 5.15. The summed E-state index contributed by atoms with van der Waals surface area (Å²) >= 11 is 13.2. The molecular weight excluding hydrogens is 361 g/mol. The van der Waals surface area contributed by atoms with Gasteiger partial charge in [0.05, 0.1) is 22.5 Å². The predicted octanol–water partition coefficient (Wildman–Crippen LogP) is 4.45. The fraction of sp³-hybridized carbons (Fsp3) is 0.467. The number of hydrogen-bond donors (Lipinski definition) is 2. The molecule has 0 saturated carbocycles. The van der Waals surface area contributed by atoms with Crippen LogP contribution in [0.2, 0.25) is 10.0 Å². The van der Waals surface area contributed by atoms with Crippen LogP contribution in [0.15, 0.2) is 23.1 Å². The monoisotopic (exact) mass is 379 g/mol. The van der Waals surface area contributed by atoms with Gasteiger partial charge in [-0.15, -0.1) is 11.8 Å². The van der Waals surface area contributed by atoms with E-state index in [1.165, 1.54) is 11.8 Å². The first-order chi connectivity index (χ1) is 10.6. The Labute approximate surface area is 149 Å². The molecular formula is C15H19Cl2NO4S. The van der Waals surface area contributed by atoms with Crippen LogP contribution < -0.4 is 5.32 Å². The highest BCUT2D eigenvalue weighted by Gasteiger charge is 2.21. The first-order valence-electron chi connectivity index (χ1n) is 6.86. The van der Waals surface area contributed by atoms with Crippen molar-refractivity contribution in [2.75, 3.05) is 5.75 Å². The largest absolute Gasteiger partial charge is 0.481 e. The second-order valence-electron chi connectivity index (χ2n) is 5.83. The number of aliphatic carboxylic acids is 1. The molecule has 0 aliphatic heterocycles. The van der Waals surface area contributed by atoms with Crippen molar-refractivity contribution in [2.45, 2.75) is 43.7 Å². The van der Waals surface area contributed by atoms with E-state index < -0.39 is 23.7 Å². The molecule has 1 unspecified atom stereocenters. The Morgan fingerprint density at radius 1 is 1.30 bits per heavy atom. The lowest BCUT2D eigenvalue weighted by Gasteiger charge is -2.23. The Morgan fingerprint density at radius 2 is 1.96 bits per heavy atom. The SMILES string of the molecule is CC(C)(C)OC(=O)NC(CSc1ccc(Cl)c(Cl)c1)CC(=O)O. The summed E-state index contributed by atoms with van der Waals surface area (Å²) in [7, 11) is 0. The average molecular weight is 380 g/mol. The van der Waals surface area contributed by atoms with Crippen LogP contribution in [0, 0.1) is 0 Å². The molecule has 1 aromatic rings. The number of rotatable bonds is 6. The lowest BCUT2D eigenvalue weighted by molar-refractivity contribution is -0.137. The van der Waals surface area contributed by atoms with E-state index in [9.17, 15) is 9.59 Å². The number of amides is 1. The van der Waals surface area contributed by atoms with Crippen LogP contribution in [-0.2, 0) is 9.53 Å². The fourth-order valence-corrected chi connectivity index (χ4v) is 2.92. The molecule has 0 bridgehead atoms. The van der Waals surface area contributed by atoms with Gasteiger partial charge in [0.2, 0.25) is 0 Å². The number of halogens is 2. The van der Waals surface area contributed by atoms with Crippen molar-refractivity contribution in [2.24, 2.45) is 0 Å². The van der Waals surface area contributed by atoms with E-state index >= 15 is 0 Å². The van der Waals surface area contributed by atoms with Crippen LogP contribution in [0.3, 0.4) is 0 Å². The molecule has 2 N–H and O–H groups in total. The molecule has 0 fully saturated rings. The zero-order valence-electron chi connectivity index (χ0n) is 13.1. The van der Waals surface area contributed by atoms with Gasteiger partial charge in [0.15, 0.2) is 0 Å². The normalized spacial score (nSPS) is 12.6. The van der Waals surface area contributed by atoms with Crippen molar-refractivity contribution in [3.8, 4) is 0 Å². The Morgan fingerprint density at radius 3 is 2.48 bits per heavy atom. The van der Waals surface area contributed by atoms with Gasteiger partial charge in [-0.2, -0.15) is 0 Å². The number of alkyl carbamates (subject to hydrolysis) is 1. The molecule has 1 aromatic carbocycles. The number of carboxylic acids is 1. The molecule has 5 nitrogen and oxygen atoms in total. The van der Waals surface area contributed by atoms with Crippen molar-refractivity contribution in [1.82, 2.24) is 5.32 Å². The number of carboxylic acid groups (broad SMARTS) is 1. The summed E-state index contributed by atoms with van der Waals surface area (Å²) in [6.45, 7) is 5.22. The lowest BCUT2D eigenvalue weighted by Crippen LogP contribution is -2.41. The number of hydrogen-bond acceptors (Lipinski definition) is 4. The highest BCUT2D eigenvalue weighted by Crippen LogP contribution is 2.28. The van der Waals surface area contributed by atoms with Gasteiger partial charge in [-0.25, -0.2) is 4.79 Å². The number of benzene rings is 1. The number of ether oxygens (including phenoxy) is 1. The van der Waals surface area contributed by atoms with Gasteiger partial charge in [-0.05, 0) is 39.0 Å². The Balaban J connectivity index is 2.65. The van der Waals surface area contributed by atoms with Gasteiger partial charge < -0.3 is 15.2 Å². The van der Waals surface area contributed by atoms with Gasteiger partial charge >= 0.3 is 12.1 Å². The Hall–Kier alpha value is -1.11. The van der Waals surface area contributed by atoms with Crippen LogP contribution in [0.1, 0.15) is 27.2 Å². The quantitative estimate of drug-likeness (QED) is 0.713. The van der Waals surface area contributed by atoms with Crippen LogP contribution in [0.5, 0.6) is 0 Å². The van der Waals surface area contributed by atoms with Gasteiger partial charge in [-0.3, -0.25) is 4.79 Å². The maximum atomic E-state index is 11.8. The molecule has 1 rings (SSSR count). The Kier molecular flexibility index (Phi) is 7.51. The van der Waals surface area contributed by atoms with Crippen molar-refractivity contribution in [1.29, 1.82) is 0 Å². The third-order valence-electron chi connectivity index (χ3n) is 2.48. The molecule has 8 heteroatoms. The third kappa shape index (κ3) is 8.34. The topological polar surface area (TPSA) is 75.6 Å². The zero-order chi connectivity index (χ0) is 17.6. The number of thioether (sulfide) groups is 1. The molecule has 128 valence electrons. The zero-order valence-corrected chi connectivity index (χ0v) is 15.4. The summed E-state index contributed by atoms with van der Waals surface area (Å²) in [5.74, 6) is -0.635. The van der Waals surface area contributed by atoms with Crippen LogP contribution >= 0.6 is 35.0 Å². The number of carbonyl (C=O) groups excluding carboxylic acids is 1. The molecule has 0 aliphatic rings. The average Bonchev–Trinajstić information content (AvgIpc) is 2.37. The second-order valence-corrected chi connectivity index (χ2v) is 7.74. The highest BCUT2D eigenvalue weighted by molar-refractivity contribution is 7.99. The van der Waals surface area contributed by atoms with Gasteiger partial charge in [-0.1, -0.05) is 23.2 Å². The van der Waals surface area contributed by atoms with Gasteiger partial charge in [0, 0.05) is 10.6 Å². The summed E-state index contributed by atoms with van der Waals surface area (Å²) in [6, 6.07) is 4.57. The summed E-state index contributed by atoms with van der Waals surface area (Å²) in [5.41, 5.74) is -0.644. The van der Waals surface area contributed by atoms with Crippen LogP contribution in [0.25, 0.3) is 0 Å². The van der Waals surface area contributed by atoms with E-state index in [0.717, 1.165) is 4.90 Å². The van der Waals surface area contributed by atoms with E-state index in [0.29, 0.717) is 15.8 Å². The van der Waals surface area contributed by atoms with E-state index in [1.54, 1.807) is 39.0 Å². The lowest BCUT2D eigenvalue weighted by atomic mass is 10.2. The smallest absolute Gasteiger partial charge is 0.407 e. The second kappa shape index (κ2) is 8.66. The minimum atomic E-state index is -0.999. The van der Waals surface area contributed by atoms with Crippen molar-refractivity contribution < 1.29 is 19.4 Å². The van der Waals surface area contributed by atoms with Crippen LogP contribution in [-0.4, -0.2) is 34.6 Å². The molecule has 0 aromatic heterocycles. The minimum Gasteiger partial charge on any atom is -0.481 e. The molecule has 23 heavy (non-hydrogen) atoms. The molecule has 0 spiro atoms. The summed E-state index contributed by atoms with van der Waals surface area (Å²) in [5, 5.41) is 12.4. The molecule has 0 radical (unpaired) electrons. The van der Waals surface area contributed by atoms with E-state index in [-0.39, 0.29) is 6.42 Å². The van der Waals surface area contributed by atoms with E-state index in [2.05, 4.69) is 5.32 Å². The van der Waals surface area contributed by atoms with Crippen LogP contribution in [0.4, 0.5) is 4.79 Å². The van der Waals surface area contributed by atoms with Crippen molar-refractivity contribution in [3.63, 3.8) is 0 Å². The maximum Gasteiger partial charge on any atom is 0.407 e. The number of nitrogens with one attached hydrogen (secondary N) is 1. The molecule has 0 saturated heterocycles. The van der Waals surface area contributed by atoms with Gasteiger partial charge in [0.25, 0.3) is 0 Å². The molecule has 0 aliphatic carbocycles. The molecule has 1 atom stereocenters. The van der Waals surface area contributed by atoms with Crippen molar-refractivity contribution in [3.05, 3.63) is 28.2 Å². The van der Waals surface area contributed by atoms with Crippen molar-refractivity contribution >= 4 is 47.0 Å². The summed E-state index contributed by atoms with van der Waals surface area (Å²) in [6.07, 6.45) is -0.841. The predicted molar refractivity (Wildman–Crippen MR) is 92.6 cm³/mol. The standard InChI is InChI=1S/C15H19Cl2NO4S/c1-15(2,3)22-14(21)18-9(6-13(19)20)8-23-10-4-5-11(16)12(17)7-10/h4-5,7,9H,6,8H2,1-3H3,(H,18,21)(H,19,20). The number of carbonyl (C=O) groups is 2. The maximum absolute atomic E-state index is 11.8. The van der Waals surface area contributed by atoms with Gasteiger partial charge in [0.1, 0.15) is 5.60 Å². The fourth-order valence-electron chi connectivity index (χ4n) is 1.60. The van der Waals surface area contributed by atoms with E-state index in [4.69, 9.17) is 33.0 Å². The Bertz CT molecular complexity index is 575.